The Morgan fingerprint density at radius 1 is 0.724 bits per heavy atom. The van der Waals surface area contributed by atoms with Gasteiger partial charge >= 0.3 is 0 Å². The van der Waals surface area contributed by atoms with E-state index in [1.807, 2.05) is 34.0 Å². The highest BCUT2D eigenvalue weighted by Crippen LogP contribution is 2.42. The van der Waals surface area contributed by atoms with Crippen LogP contribution in [0, 0.1) is 5.92 Å². The summed E-state index contributed by atoms with van der Waals surface area (Å²) >= 11 is 5.64. The Kier molecular flexibility index (Phi) is 4.26. The van der Waals surface area contributed by atoms with Crippen LogP contribution in [-0.2, 0) is 0 Å². The lowest BCUT2D eigenvalue weighted by Gasteiger charge is -2.25. The molecule has 0 nitrogen and oxygen atoms in total. The summed E-state index contributed by atoms with van der Waals surface area (Å²) in [4.78, 5) is 6.84. The SMILES string of the molecule is C1=CC[C@@H]2C(=C1)C=c1ccccc1=C2c1ccc(-c2ccc(-c3cccs3)s2)s1. The van der Waals surface area contributed by atoms with Gasteiger partial charge in [-0.15, -0.1) is 34.0 Å². The number of hydrogen-bond donors (Lipinski definition) is 0. The van der Waals surface area contributed by atoms with Crippen molar-refractivity contribution < 1.29 is 0 Å². The predicted molar refractivity (Wildman–Crippen MR) is 129 cm³/mol. The summed E-state index contributed by atoms with van der Waals surface area (Å²) in [5, 5.41) is 4.88. The third-order valence-electron chi connectivity index (χ3n) is 5.60. The van der Waals surface area contributed by atoms with E-state index in [2.05, 4.69) is 90.3 Å². The van der Waals surface area contributed by atoms with Crippen molar-refractivity contribution in [1.82, 2.24) is 0 Å². The van der Waals surface area contributed by atoms with Gasteiger partial charge in [0.1, 0.15) is 0 Å². The molecule has 1 atom stereocenters. The topological polar surface area (TPSA) is 0 Å². The number of allylic oxidation sites excluding steroid dienone is 4. The lowest BCUT2D eigenvalue weighted by Crippen LogP contribution is -2.34. The van der Waals surface area contributed by atoms with Crippen molar-refractivity contribution >= 4 is 45.7 Å². The van der Waals surface area contributed by atoms with Crippen LogP contribution in [-0.4, -0.2) is 0 Å². The van der Waals surface area contributed by atoms with E-state index >= 15 is 0 Å². The standard InChI is InChI=1S/C26H18S3/c1-3-8-19-17(6-1)16-18-7-2-4-9-20(18)26(19)25-14-13-24(29-25)23-12-11-22(28-23)21-10-5-15-27-21/h1-8,10-16,20H,9H2/t20-/m1/s1. The Morgan fingerprint density at radius 3 is 2.31 bits per heavy atom. The number of hydrogen-bond acceptors (Lipinski definition) is 3. The van der Waals surface area contributed by atoms with Crippen LogP contribution in [0.4, 0.5) is 0 Å². The average Bonchev–Trinajstić information content (AvgIpc) is 3.53. The minimum atomic E-state index is 0.464. The fourth-order valence-electron chi connectivity index (χ4n) is 4.26. The van der Waals surface area contributed by atoms with Crippen LogP contribution < -0.4 is 10.4 Å². The minimum Gasteiger partial charge on any atom is -0.143 e. The molecule has 2 aliphatic carbocycles. The Bertz CT molecular complexity index is 1370. The molecule has 2 aliphatic rings. The molecule has 0 N–H and O–H groups in total. The van der Waals surface area contributed by atoms with Gasteiger partial charge in [-0.3, -0.25) is 0 Å². The second kappa shape index (κ2) is 7.10. The summed E-state index contributed by atoms with van der Waals surface area (Å²) in [6.45, 7) is 0. The molecule has 3 heterocycles. The van der Waals surface area contributed by atoms with Crippen LogP contribution >= 0.6 is 34.0 Å². The van der Waals surface area contributed by atoms with E-state index in [1.165, 1.54) is 46.0 Å². The summed E-state index contributed by atoms with van der Waals surface area (Å²) < 4.78 is 0. The molecule has 0 bridgehead atoms. The molecule has 29 heavy (non-hydrogen) atoms. The van der Waals surface area contributed by atoms with Crippen molar-refractivity contribution in [2.75, 3.05) is 0 Å². The van der Waals surface area contributed by atoms with Gasteiger partial charge in [0.25, 0.3) is 0 Å². The molecule has 3 aromatic heterocycles. The van der Waals surface area contributed by atoms with E-state index in [0.29, 0.717) is 5.92 Å². The van der Waals surface area contributed by atoms with Gasteiger partial charge in [-0.1, -0.05) is 54.6 Å². The highest BCUT2D eigenvalue weighted by atomic mass is 32.1. The van der Waals surface area contributed by atoms with E-state index in [1.54, 1.807) is 0 Å². The van der Waals surface area contributed by atoms with Crippen LogP contribution in [0.2, 0.25) is 0 Å². The van der Waals surface area contributed by atoms with Crippen LogP contribution in [0.5, 0.6) is 0 Å². The van der Waals surface area contributed by atoms with Crippen LogP contribution in [0.3, 0.4) is 0 Å². The zero-order valence-electron chi connectivity index (χ0n) is 15.7. The van der Waals surface area contributed by atoms with Gasteiger partial charge in [0.15, 0.2) is 0 Å². The maximum Gasteiger partial charge on any atom is 0.0449 e. The molecule has 0 saturated heterocycles. The second-order valence-corrected chi connectivity index (χ2v) is 10.4. The first-order valence-electron chi connectivity index (χ1n) is 9.79. The molecule has 4 aromatic rings. The van der Waals surface area contributed by atoms with Crippen LogP contribution in [0.15, 0.2) is 89.8 Å². The predicted octanol–water partition coefficient (Wildman–Crippen LogP) is 6.70. The van der Waals surface area contributed by atoms with Gasteiger partial charge in [-0.2, -0.15) is 0 Å². The first-order chi connectivity index (χ1) is 14.4. The maximum atomic E-state index is 2.37. The highest BCUT2D eigenvalue weighted by molar-refractivity contribution is 7.26. The molecule has 0 saturated carbocycles. The maximum absolute atomic E-state index is 2.37. The Labute approximate surface area is 182 Å². The van der Waals surface area contributed by atoms with Crippen molar-refractivity contribution in [3.63, 3.8) is 0 Å². The molecule has 0 spiro atoms. The molecule has 0 unspecified atom stereocenters. The van der Waals surface area contributed by atoms with E-state index in [4.69, 9.17) is 0 Å². The molecule has 140 valence electrons. The summed E-state index contributed by atoms with van der Waals surface area (Å²) in [6.07, 6.45) is 10.2. The van der Waals surface area contributed by atoms with Crippen molar-refractivity contribution in [1.29, 1.82) is 0 Å². The Hall–Kier alpha value is -2.46. The van der Waals surface area contributed by atoms with Gasteiger partial charge in [0, 0.05) is 30.3 Å². The normalized spacial score (nSPS) is 17.4. The lowest BCUT2D eigenvalue weighted by atomic mass is 9.79. The molecule has 0 radical (unpaired) electrons. The first-order valence-corrected chi connectivity index (χ1v) is 12.3. The Balaban J connectivity index is 1.47. The van der Waals surface area contributed by atoms with Crippen molar-refractivity contribution in [3.05, 3.63) is 105 Å². The smallest absolute Gasteiger partial charge is 0.0449 e. The van der Waals surface area contributed by atoms with Crippen molar-refractivity contribution in [3.8, 4) is 19.5 Å². The molecule has 0 fully saturated rings. The quantitative estimate of drug-likeness (QED) is 0.342. The van der Waals surface area contributed by atoms with E-state index in [9.17, 15) is 0 Å². The number of fused-ring (bicyclic) bond motifs is 2. The summed E-state index contributed by atoms with van der Waals surface area (Å²) in [5.74, 6) is 0.464. The van der Waals surface area contributed by atoms with E-state index in [-0.39, 0.29) is 0 Å². The third kappa shape index (κ3) is 3.01. The average molecular weight is 427 g/mol. The number of rotatable bonds is 3. The number of thiophene rings is 3. The zero-order chi connectivity index (χ0) is 19.2. The first kappa shape index (κ1) is 17.4. The van der Waals surface area contributed by atoms with Gasteiger partial charge in [0.2, 0.25) is 0 Å². The number of benzene rings is 1. The monoisotopic (exact) mass is 426 g/mol. The minimum absolute atomic E-state index is 0.464. The second-order valence-electron chi connectivity index (χ2n) is 7.33. The molecule has 3 heteroatoms. The van der Waals surface area contributed by atoms with Gasteiger partial charge in [0.05, 0.1) is 0 Å². The van der Waals surface area contributed by atoms with Gasteiger partial charge < -0.3 is 0 Å². The molecule has 6 rings (SSSR count). The zero-order valence-corrected chi connectivity index (χ0v) is 18.1. The highest BCUT2D eigenvalue weighted by Gasteiger charge is 2.24. The molecular weight excluding hydrogens is 408 g/mol. The largest absolute Gasteiger partial charge is 0.143 e. The molecule has 0 amide bonds. The van der Waals surface area contributed by atoms with Crippen LogP contribution in [0.1, 0.15) is 11.3 Å². The fraction of sp³-hybridized carbons (Fsp3) is 0.0769. The summed E-state index contributed by atoms with van der Waals surface area (Å²) in [5.41, 5.74) is 2.93. The third-order valence-corrected chi connectivity index (χ3v) is 9.07. The van der Waals surface area contributed by atoms with Gasteiger partial charge in [-0.05, 0) is 63.7 Å². The molecule has 0 aliphatic heterocycles. The summed E-state index contributed by atoms with van der Waals surface area (Å²) in [7, 11) is 0. The Morgan fingerprint density at radius 2 is 1.48 bits per heavy atom. The van der Waals surface area contributed by atoms with Crippen molar-refractivity contribution in [2.45, 2.75) is 6.42 Å². The van der Waals surface area contributed by atoms with Crippen LogP contribution in [0.25, 0.3) is 31.2 Å². The fourth-order valence-corrected chi connectivity index (χ4v) is 7.31. The van der Waals surface area contributed by atoms with E-state index in [0.717, 1.165) is 6.42 Å². The van der Waals surface area contributed by atoms with E-state index < -0.39 is 0 Å². The molecular formula is C26H18S3. The molecule has 1 aromatic carbocycles. The van der Waals surface area contributed by atoms with Crippen molar-refractivity contribution in [2.24, 2.45) is 5.92 Å². The van der Waals surface area contributed by atoms with Gasteiger partial charge in [-0.25, -0.2) is 0 Å². The lowest BCUT2D eigenvalue weighted by molar-refractivity contribution is 0.806. The summed E-state index contributed by atoms with van der Waals surface area (Å²) in [6, 6.07) is 22.3.